The Bertz CT molecular complexity index is 432. The molecule has 0 aliphatic carbocycles. The number of likely N-dealkylation sites (N-methyl/N-ethyl adjacent to an activating group) is 1. The van der Waals surface area contributed by atoms with Gasteiger partial charge in [-0.2, -0.15) is 0 Å². The van der Waals surface area contributed by atoms with Crippen LogP contribution in [-0.2, 0) is 0 Å². The van der Waals surface area contributed by atoms with E-state index in [1.165, 1.54) is 11.1 Å². The Labute approximate surface area is 132 Å². The molecule has 0 saturated heterocycles. The summed E-state index contributed by atoms with van der Waals surface area (Å²) in [7, 11) is 1.97. The molecule has 0 unspecified atom stereocenters. The number of benzene rings is 1. The third-order valence-electron chi connectivity index (χ3n) is 2.78. The summed E-state index contributed by atoms with van der Waals surface area (Å²) in [6.07, 6.45) is 2.23. The van der Waals surface area contributed by atoms with Crippen LogP contribution in [0.2, 0.25) is 0 Å². The molecule has 0 atom stereocenters. The van der Waals surface area contributed by atoms with Gasteiger partial charge in [-0.1, -0.05) is 25.5 Å². The first-order chi connectivity index (χ1) is 8.99. The zero-order valence-corrected chi connectivity index (χ0v) is 15.1. The lowest BCUT2D eigenvalue weighted by Gasteiger charge is -2.13. The molecule has 1 rings (SSSR count). The summed E-state index contributed by atoms with van der Waals surface area (Å²) in [5.74, 6) is 1.39. The van der Waals surface area contributed by atoms with Crippen LogP contribution >= 0.6 is 31.9 Å². The molecule has 19 heavy (non-hydrogen) atoms. The molecule has 0 aliphatic heterocycles. The molecule has 1 aromatic rings. The number of rotatable bonds is 6. The number of hydrogen-bond donors (Lipinski definition) is 1. The fraction of sp³-hybridized carbons (Fsp3) is 0.467. The van der Waals surface area contributed by atoms with Gasteiger partial charge in [0.25, 0.3) is 0 Å². The Morgan fingerprint density at radius 3 is 2.32 bits per heavy atom. The van der Waals surface area contributed by atoms with Crippen LogP contribution in [0.25, 0.3) is 6.08 Å². The normalized spacial score (nSPS) is 12.1. The molecule has 1 aromatic carbocycles. The predicted molar refractivity (Wildman–Crippen MR) is 89.8 cm³/mol. The summed E-state index contributed by atoms with van der Waals surface area (Å²) in [5.41, 5.74) is 2.55. The van der Waals surface area contributed by atoms with E-state index in [1.807, 2.05) is 14.0 Å². The molecule has 0 radical (unpaired) electrons. The van der Waals surface area contributed by atoms with Gasteiger partial charge < -0.3 is 10.1 Å². The second-order valence-electron chi connectivity index (χ2n) is 4.65. The minimum atomic E-state index is 0.525. The lowest BCUT2D eigenvalue weighted by Crippen LogP contribution is -2.13. The van der Waals surface area contributed by atoms with E-state index in [2.05, 4.69) is 69.2 Å². The lowest BCUT2D eigenvalue weighted by atomic mass is 10.0. The predicted octanol–water partition coefficient (Wildman–Crippen LogP) is 4.87. The molecule has 0 amide bonds. The van der Waals surface area contributed by atoms with Crippen LogP contribution in [0, 0.1) is 5.92 Å². The molecule has 4 heteroatoms. The van der Waals surface area contributed by atoms with Crippen molar-refractivity contribution in [3.05, 3.63) is 32.2 Å². The van der Waals surface area contributed by atoms with Crippen molar-refractivity contribution in [3.8, 4) is 5.75 Å². The Balaban J connectivity index is 3.11. The third-order valence-corrected chi connectivity index (χ3v) is 3.96. The first-order valence-corrected chi connectivity index (χ1v) is 8.05. The summed E-state index contributed by atoms with van der Waals surface area (Å²) in [5, 5.41) is 3.21. The average molecular weight is 391 g/mol. The van der Waals surface area contributed by atoms with Gasteiger partial charge in [0.15, 0.2) is 0 Å². The molecule has 106 valence electrons. The fourth-order valence-corrected chi connectivity index (χ4v) is 3.24. The average Bonchev–Trinajstić information content (AvgIpc) is 2.33. The molecule has 0 aromatic heterocycles. The van der Waals surface area contributed by atoms with Gasteiger partial charge in [-0.15, -0.1) is 0 Å². The Morgan fingerprint density at radius 2 is 1.89 bits per heavy atom. The highest BCUT2D eigenvalue weighted by Gasteiger charge is 2.09. The molecule has 0 fully saturated rings. The van der Waals surface area contributed by atoms with E-state index in [-0.39, 0.29) is 0 Å². The minimum absolute atomic E-state index is 0.525. The second-order valence-corrected chi connectivity index (χ2v) is 6.36. The fourth-order valence-electron chi connectivity index (χ4n) is 1.79. The monoisotopic (exact) mass is 389 g/mol. The van der Waals surface area contributed by atoms with Crippen molar-refractivity contribution in [1.82, 2.24) is 5.32 Å². The van der Waals surface area contributed by atoms with E-state index >= 15 is 0 Å². The van der Waals surface area contributed by atoms with Gasteiger partial charge in [-0.25, -0.2) is 0 Å². The van der Waals surface area contributed by atoms with Crippen molar-refractivity contribution in [3.63, 3.8) is 0 Å². The maximum Gasteiger partial charge on any atom is 0.147 e. The van der Waals surface area contributed by atoms with Crippen LogP contribution in [0.4, 0.5) is 0 Å². The molecular weight excluding hydrogens is 370 g/mol. The second kappa shape index (κ2) is 8.08. The van der Waals surface area contributed by atoms with E-state index < -0.39 is 0 Å². The quantitative estimate of drug-likeness (QED) is 0.748. The third kappa shape index (κ3) is 4.93. The van der Waals surface area contributed by atoms with Gasteiger partial charge >= 0.3 is 0 Å². The Kier molecular flexibility index (Phi) is 7.11. The smallest absolute Gasteiger partial charge is 0.147 e. The van der Waals surface area contributed by atoms with Crippen LogP contribution in [-0.4, -0.2) is 20.2 Å². The molecule has 0 heterocycles. The number of ether oxygens (including phenoxy) is 1. The van der Waals surface area contributed by atoms with E-state index in [0.717, 1.165) is 21.2 Å². The van der Waals surface area contributed by atoms with Crippen molar-refractivity contribution in [2.24, 2.45) is 5.92 Å². The molecule has 0 spiro atoms. The van der Waals surface area contributed by atoms with E-state index in [4.69, 9.17) is 4.74 Å². The maximum absolute atomic E-state index is 5.60. The molecule has 2 nitrogen and oxygen atoms in total. The Hall–Kier alpha value is -0.320. The lowest BCUT2D eigenvalue weighted by molar-refractivity contribution is 0.336. The zero-order chi connectivity index (χ0) is 14.4. The Morgan fingerprint density at radius 1 is 1.32 bits per heavy atom. The highest BCUT2D eigenvalue weighted by atomic mass is 79.9. The summed E-state index contributed by atoms with van der Waals surface area (Å²) in [4.78, 5) is 0. The van der Waals surface area contributed by atoms with Gasteiger partial charge in [-0.05, 0) is 69.4 Å². The molecule has 0 aliphatic rings. The number of halogens is 2. The molecule has 1 N–H and O–H groups in total. The van der Waals surface area contributed by atoms with Gasteiger partial charge in [-0.3, -0.25) is 0 Å². The maximum atomic E-state index is 5.60. The van der Waals surface area contributed by atoms with Crippen LogP contribution in [0.3, 0.4) is 0 Å². The molecular formula is C15H21Br2NO. The topological polar surface area (TPSA) is 21.3 Å². The molecule has 0 saturated carbocycles. The van der Waals surface area contributed by atoms with E-state index in [1.54, 1.807) is 0 Å². The van der Waals surface area contributed by atoms with Crippen molar-refractivity contribution >= 4 is 37.9 Å². The van der Waals surface area contributed by atoms with Crippen molar-refractivity contribution in [2.45, 2.75) is 20.8 Å². The van der Waals surface area contributed by atoms with Crippen LogP contribution in [0.1, 0.15) is 26.3 Å². The summed E-state index contributed by atoms with van der Waals surface area (Å²) in [6.45, 7) is 7.96. The molecule has 0 bridgehead atoms. The SMILES string of the molecule is CCOc1c(Br)cc(C=C(CNC)C(C)C)cc1Br. The number of hydrogen-bond acceptors (Lipinski definition) is 2. The van der Waals surface area contributed by atoms with Crippen LogP contribution < -0.4 is 10.1 Å². The number of nitrogens with one attached hydrogen (secondary N) is 1. The summed E-state index contributed by atoms with van der Waals surface area (Å²) in [6, 6.07) is 4.18. The van der Waals surface area contributed by atoms with E-state index in [9.17, 15) is 0 Å². The van der Waals surface area contributed by atoms with Crippen molar-refractivity contribution < 1.29 is 4.74 Å². The van der Waals surface area contributed by atoms with E-state index in [0.29, 0.717) is 12.5 Å². The first kappa shape index (κ1) is 16.7. The van der Waals surface area contributed by atoms with Gasteiger partial charge in [0, 0.05) is 6.54 Å². The van der Waals surface area contributed by atoms with Gasteiger partial charge in [0.1, 0.15) is 5.75 Å². The van der Waals surface area contributed by atoms with Gasteiger partial charge in [0.2, 0.25) is 0 Å². The van der Waals surface area contributed by atoms with Crippen LogP contribution in [0.5, 0.6) is 5.75 Å². The highest BCUT2D eigenvalue weighted by molar-refractivity contribution is 9.11. The minimum Gasteiger partial charge on any atom is -0.492 e. The van der Waals surface area contributed by atoms with Crippen LogP contribution in [0.15, 0.2) is 26.7 Å². The summed E-state index contributed by atoms with van der Waals surface area (Å²) >= 11 is 7.13. The highest BCUT2D eigenvalue weighted by Crippen LogP contribution is 2.35. The van der Waals surface area contributed by atoms with Crippen molar-refractivity contribution in [2.75, 3.05) is 20.2 Å². The first-order valence-electron chi connectivity index (χ1n) is 6.46. The zero-order valence-electron chi connectivity index (χ0n) is 11.9. The summed E-state index contributed by atoms with van der Waals surface area (Å²) < 4.78 is 7.54. The largest absolute Gasteiger partial charge is 0.492 e. The van der Waals surface area contributed by atoms with Gasteiger partial charge in [0.05, 0.1) is 15.6 Å². The standard InChI is InChI=1S/C15H21Br2NO/c1-5-19-15-13(16)7-11(8-14(15)17)6-12(9-18-4)10(2)3/h6-8,10,18H,5,9H2,1-4H3. The van der Waals surface area contributed by atoms with Crippen molar-refractivity contribution in [1.29, 1.82) is 0 Å².